The number of pyridine rings is 2. The maximum atomic E-state index is 12.3. The summed E-state index contributed by atoms with van der Waals surface area (Å²) < 4.78 is 1.55. The van der Waals surface area contributed by atoms with Crippen LogP contribution in [0.25, 0.3) is 11.3 Å². The highest BCUT2D eigenvalue weighted by atomic mass is 35.5. The van der Waals surface area contributed by atoms with Gasteiger partial charge in [-0.2, -0.15) is 5.10 Å². The highest BCUT2D eigenvalue weighted by molar-refractivity contribution is 6.33. The van der Waals surface area contributed by atoms with Crippen LogP contribution in [0.3, 0.4) is 0 Å². The van der Waals surface area contributed by atoms with Crippen molar-refractivity contribution in [3.63, 3.8) is 0 Å². The lowest BCUT2D eigenvalue weighted by atomic mass is 10.2. The van der Waals surface area contributed by atoms with Crippen LogP contribution in [0.5, 0.6) is 0 Å². The van der Waals surface area contributed by atoms with Gasteiger partial charge in [-0.05, 0) is 37.1 Å². The Hall–Kier alpha value is -2.73. The highest BCUT2D eigenvalue weighted by Crippen LogP contribution is 2.31. The third-order valence-electron chi connectivity index (χ3n) is 4.66. The maximum Gasteiger partial charge on any atom is 0.266 e. The zero-order valence-electron chi connectivity index (χ0n) is 14.1. The van der Waals surface area contributed by atoms with Crippen molar-refractivity contribution in [2.45, 2.75) is 25.4 Å². The summed E-state index contributed by atoms with van der Waals surface area (Å²) in [4.78, 5) is 22.7. The Labute approximate surface area is 156 Å². The van der Waals surface area contributed by atoms with Crippen LogP contribution in [0, 0.1) is 0 Å². The zero-order chi connectivity index (χ0) is 17.9. The average molecular weight is 368 g/mol. The molecule has 1 aliphatic rings. The molecule has 1 saturated heterocycles. The molecule has 1 atom stereocenters. The Morgan fingerprint density at radius 2 is 1.88 bits per heavy atom. The Kier molecular flexibility index (Phi) is 4.67. The molecule has 3 aromatic heterocycles. The quantitative estimate of drug-likeness (QED) is 0.709. The monoisotopic (exact) mass is 367 g/mol. The van der Waals surface area contributed by atoms with Gasteiger partial charge in [0, 0.05) is 49.0 Å². The van der Waals surface area contributed by atoms with Crippen LogP contribution in [-0.4, -0.2) is 32.3 Å². The third-order valence-corrected chi connectivity index (χ3v) is 4.96. The SMILES string of the molecule is O=c1ccc(-c2ccncc2)nn1CC1CCCN1c1ccncc1Cl. The average Bonchev–Trinajstić information content (AvgIpc) is 3.12. The van der Waals surface area contributed by atoms with E-state index in [4.69, 9.17) is 11.6 Å². The van der Waals surface area contributed by atoms with Crippen molar-refractivity contribution in [1.29, 1.82) is 0 Å². The topological polar surface area (TPSA) is 63.9 Å². The van der Waals surface area contributed by atoms with Crippen LogP contribution in [0.1, 0.15) is 12.8 Å². The summed E-state index contributed by atoms with van der Waals surface area (Å²) in [6, 6.07) is 9.19. The summed E-state index contributed by atoms with van der Waals surface area (Å²) in [5, 5.41) is 5.19. The van der Waals surface area contributed by atoms with Gasteiger partial charge in [0.15, 0.2) is 0 Å². The molecular formula is C19H18ClN5O. The lowest BCUT2D eigenvalue weighted by Gasteiger charge is -2.27. The first-order valence-electron chi connectivity index (χ1n) is 8.57. The van der Waals surface area contributed by atoms with E-state index in [1.54, 1.807) is 41.6 Å². The summed E-state index contributed by atoms with van der Waals surface area (Å²) >= 11 is 6.31. The predicted molar refractivity (Wildman–Crippen MR) is 101 cm³/mol. The zero-order valence-corrected chi connectivity index (χ0v) is 14.9. The van der Waals surface area contributed by atoms with E-state index in [0.29, 0.717) is 11.6 Å². The van der Waals surface area contributed by atoms with E-state index < -0.39 is 0 Å². The van der Waals surface area contributed by atoms with Gasteiger partial charge in [-0.1, -0.05) is 11.6 Å². The minimum Gasteiger partial charge on any atom is -0.365 e. The molecule has 1 aliphatic heterocycles. The largest absolute Gasteiger partial charge is 0.365 e. The second-order valence-corrected chi connectivity index (χ2v) is 6.70. The van der Waals surface area contributed by atoms with Crippen LogP contribution in [0.15, 0.2) is 59.9 Å². The number of hydrogen-bond donors (Lipinski definition) is 0. The molecule has 0 spiro atoms. The van der Waals surface area contributed by atoms with Gasteiger partial charge in [-0.3, -0.25) is 14.8 Å². The Morgan fingerprint density at radius 1 is 1.08 bits per heavy atom. The normalized spacial score (nSPS) is 16.8. The fraction of sp³-hybridized carbons (Fsp3) is 0.263. The molecule has 0 radical (unpaired) electrons. The molecule has 4 rings (SSSR count). The van der Waals surface area contributed by atoms with Gasteiger partial charge in [0.1, 0.15) is 0 Å². The number of aromatic nitrogens is 4. The first-order chi connectivity index (χ1) is 12.7. The molecule has 0 bridgehead atoms. The van der Waals surface area contributed by atoms with Gasteiger partial charge in [-0.25, -0.2) is 4.68 Å². The molecule has 1 fully saturated rings. The van der Waals surface area contributed by atoms with E-state index in [1.807, 2.05) is 18.2 Å². The van der Waals surface area contributed by atoms with E-state index >= 15 is 0 Å². The smallest absolute Gasteiger partial charge is 0.266 e. The minimum absolute atomic E-state index is 0.101. The molecule has 7 heteroatoms. The number of nitrogens with zero attached hydrogens (tertiary/aromatic N) is 5. The fourth-order valence-electron chi connectivity index (χ4n) is 3.40. The number of hydrogen-bond acceptors (Lipinski definition) is 5. The van der Waals surface area contributed by atoms with E-state index in [9.17, 15) is 4.79 Å². The minimum atomic E-state index is -0.101. The summed E-state index contributed by atoms with van der Waals surface area (Å²) in [6.07, 6.45) is 8.88. The van der Waals surface area contributed by atoms with Crippen molar-refractivity contribution >= 4 is 17.3 Å². The van der Waals surface area contributed by atoms with Crippen LogP contribution < -0.4 is 10.5 Å². The molecule has 0 aromatic carbocycles. The van der Waals surface area contributed by atoms with Crippen molar-refractivity contribution in [3.8, 4) is 11.3 Å². The number of halogens is 1. The first-order valence-corrected chi connectivity index (χ1v) is 8.95. The van der Waals surface area contributed by atoms with E-state index in [1.165, 1.54) is 0 Å². The van der Waals surface area contributed by atoms with Gasteiger partial charge in [-0.15, -0.1) is 0 Å². The van der Waals surface area contributed by atoms with Crippen molar-refractivity contribution < 1.29 is 0 Å². The summed E-state index contributed by atoms with van der Waals surface area (Å²) in [6.45, 7) is 1.43. The molecule has 0 N–H and O–H groups in total. The van der Waals surface area contributed by atoms with Crippen molar-refractivity contribution in [1.82, 2.24) is 19.7 Å². The molecule has 132 valence electrons. The number of rotatable bonds is 4. The van der Waals surface area contributed by atoms with Crippen LogP contribution in [0.4, 0.5) is 5.69 Å². The van der Waals surface area contributed by atoms with Gasteiger partial charge >= 0.3 is 0 Å². The van der Waals surface area contributed by atoms with Crippen LogP contribution in [-0.2, 0) is 6.54 Å². The highest BCUT2D eigenvalue weighted by Gasteiger charge is 2.27. The summed E-state index contributed by atoms with van der Waals surface area (Å²) in [7, 11) is 0. The molecule has 0 saturated carbocycles. The van der Waals surface area contributed by atoms with Crippen LogP contribution >= 0.6 is 11.6 Å². The van der Waals surface area contributed by atoms with Gasteiger partial charge in [0.2, 0.25) is 0 Å². The molecule has 6 nitrogen and oxygen atoms in total. The molecular weight excluding hydrogens is 350 g/mol. The standard InChI is InChI=1S/C19H18ClN5O/c20-16-12-22-10-7-18(16)24-11-1-2-15(24)13-25-19(26)4-3-17(23-25)14-5-8-21-9-6-14/h3-10,12,15H,1-2,11,13H2. The lowest BCUT2D eigenvalue weighted by molar-refractivity contribution is 0.490. The van der Waals surface area contributed by atoms with Crippen molar-refractivity contribution in [2.24, 2.45) is 0 Å². The van der Waals surface area contributed by atoms with E-state index in [0.717, 1.165) is 36.3 Å². The van der Waals surface area contributed by atoms with Crippen molar-refractivity contribution in [2.75, 3.05) is 11.4 Å². The maximum absolute atomic E-state index is 12.3. The second kappa shape index (κ2) is 7.25. The van der Waals surface area contributed by atoms with E-state index in [-0.39, 0.29) is 11.6 Å². The Bertz CT molecular complexity index is 959. The van der Waals surface area contributed by atoms with Crippen molar-refractivity contribution in [3.05, 3.63) is 70.5 Å². The summed E-state index contributed by atoms with van der Waals surface area (Å²) in [5.41, 5.74) is 2.56. The van der Waals surface area contributed by atoms with E-state index in [2.05, 4.69) is 20.0 Å². The predicted octanol–water partition coefficient (Wildman–Crippen LogP) is 3.02. The molecule has 3 aromatic rings. The third kappa shape index (κ3) is 3.32. The number of anilines is 1. The van der Waals surface area contributed by atoms with Crippen LogP contribution in [0.2, 0.25) is 5.02 Å². The van der Waals surface area contributed by atoms with Gasteiger partial charge < -0.3 is 4.90 Å². The molecule has 0 aliphatic carbocycles. The molecule has 26 heavy (non-hydrogen) atoms. The Balaban J connectivity index is 1.62. The fourth-order valence-corrected chi connectivity index (χ4v) is 3.63. The van der Waals surface area contributed by atoms with Gasteiger partial charge in [0.05, 0.1) is 22.9 Å². The summed E-state index contributed by atoms with van der Waals surface area (Å²) in [5.74, 6) is 0. The second-order valence-electron chi connectivity index (χ2n) is 6.29. The molecule has 4 heterocycles. The molecule has 1 unspecified atom stereocenters. The molecule has 0 amide bonds. The first kappa shape index (κ1) is 16.7. The lowest BCUT2D eigenvalue weighted by Crippen LogP contribution is -2.37. The Morgan fingerprint density at radius 3 is 2.69 bits per heavy atom. The van der Waals surface area contributed by atoms with Gasteiger partial charge in [0.25, 0.3) is 5.56 Å².